The zero-order valence-corrected chi connectivity index (χ0v) is 20.9. The van der Waals surface area contributed by atoms with Crippen molar-refractivity contribution >= 4 is 28.4 Å². The molecule has 0 unspecified atom stereocenters. The number of piperidine rings is 2. The first kappa shape index (κ1) is 23.7. The summed E-state index contributed by atoms with van der Waals surface area (Å²) in [6.45, 7) is 3.36. The SMILES string of the molecule is COC1(C2CCCCC2)CCN(c2ccc(-c3nnc(N4CCC(C=O)CC4)s3)c(F)c2)CC1. The van der Waals surface area contributed by atoms with E-state index in [1.807, 2.05) is 19.2 Å². The molecule has 6 nitrogen and oxygen atoms in total. The Morgan fingerprint density at radius 2 is 1.76 bits per heavy atom. The first-order valence-electron chi connectivity index (χ1n) is 12.8. The maximum absolute atomic E-state index is 15.2. The van der Waals surface area contributed by atoms with Gasteiger partial charge in [-0.25, -0.2) is 4.39 Å². The lowest BCUT2D eigenvalue weighted by atomic mass is 9.72. The largest absolute Gasteiger partial charge is 0.378 e. The van der Waals surface area contributed by atoms with Crippen LogP contribution < -0.4 is 9.80 Å². The van der Waals surface area contributed by atoms with Crippen molar-refractivity contribution in [1.82, 2.24) is 10.2 Å². The average molecular weight is 487 g/mol. The molecule has 8 heteroatoms. The minimum Gasteiger partial charge on any atom is -0.378 e. The summed E-state index contributed by atoms with van der Waals surface area (Å²) in [7, 11) is 1.87. The van der Waals surface area contributed by atoms with Crippen LogP contribution in [0.2, 0.25) is 0 Å². The van der Waals surface area contributed by atoms with Crippen molar-refractivity contribution in [2.75, 3.05) is 43.1 Å². The van der Waals surface area contributed by atoms with Crippen LogP contribution in [0.1, 0.15) is 57.8 Å². The predicted octanol–water partition coefficient (Wildman–Crippen LogP) is 5.33. The number of rotatable bonds is 6. The Morgan fingerprint density at radius 3 is 2.41 bits per heavy atom. The molecule has 34 heavy (non-hydrogen) atoms. The molecule has 3 aliphatic rings. The third-order valence-electron chi connectivity index (χ3n) is 8.33. The number of hydrogen-bond donors (Lipinski definition) is 0. The molecule has 2 aromatic rings. The first-order chi connectivity index (χ1) is 16.6. The van der Waals surface area contributed by atoms with Crippen LogP contribution in [-0.2, 0) is 9.53 Å². The molecular formula is C26H35FN4O2S. The lowest BCUT2D eigenvalue weighted by Gasteiger charge is -2.47. The van der Waals surface area contributed by atoms with Crippen molar-refractivity contribution in [3.63, 3.8) is 0 Å². The van der Waals surface area contributed by atoms with Gasteiger partial charge in [0.25, 0.3) is 0 Å². The van der Waals surface area contributed by atoms with Crippen LogP contribution in [0.5, 0.6) is 0 Å². The molecule has 1 saturated carbocycles. The van der Waals surface area contributed by atoms with Crippen LogP contribution in [0.3, 0.4) is 0 Å². The van der Waals surface area contributed by atoms with Gasteiger partial charge < -0.3 is 19.3 Å². The van der Waals surface area contributed by atoms with Crippen molar-refractivity contribution < 1.29 is 13.9 Å². The topological polar surface area (TPSA) is 58.6 Å². The fourth-order valence-electron chi connectivity index (χ4n) is 6.10. The van der Waals surface area contributed by atoms with Crippen molar-refractivity contribution in [1.29, 1.82) is 0 Å². The van der Waals surface area contributed by atoms with Crippen LogP contribution in [0.25, 0.3) is 10.6 Å². The fourth-order valence-corrected chi connectivity index (χ4v) is 7.03. The molecule has 5 rings (SSSR count). The molecule has 0 atom stereocenters. The summed E-state index contributed by atoms with van der Waals surface area (Å²) >= 11 is 1.42. The van der Waals surface area contributed by atoms with Crippen LogP contribution >= 0.6 is 11.3 Å². The van der Waals surface area contributed by atoms with Gasteiger partial charge in [0.1, 0.15) is 12.1 Å². The summed E-state index contributed by atoms with van der Waals surface area (Å²) in [5.41, 5.74) is 1.41. The summed E-state index contributed by atoms with van der Waals surface area (Å²) < 4.78 is 21.3. The molecule has 1 aliphatic carbocycles. The van der Waals surface area contributed by atoms with E-state index in [1.54, 1.807) is 6.07 Å². The highest BCUT2D eigenvalue weighted by Gasteiger charge is 2.42. The van der Waals surface area contributed by atoms with Crippen LogP contribution in [0, 0.1) is 17.7 Å². The number of nitrogens with zero attached hydrogens (tertiary/aromatic N) is 4. The normalized spacial score (nSPS) is 22.2. The molecule has 2 aliphatic heterocycles. The Hall–Kier alpha value is -2.06. The molecule has 1 aromatic heterocycles. The van der Waals surface area contributed by atoms with E-state index in [4.69, 9.17) is 4.74 Å². The second-order valence-electron chi connectivity index (χ2n) is 10.1. The number of ether oxygens (including phenoxy) is 1. The van der Waals surface area contributed by atoms with E-state index >= 15 is 4.39 Å². The van der Waals surface area contributed by atoms with E-state index in [-0.39, 0.29) is 17.3 Å². The molecule has 0 bridgehead atoms. The molecule has 3 heterocycles. The lowest BCUT2D eigenvalue weighted by Crippen LogP contribution is -2.50. The summed E-state index contributed by atoms with van der Waals surface area (Å²) in [6.07, 6.45) is 11.2. The van der Waals surface area contributed by atoms with Gasteiger partial charge in [0.05, 0.1) is 5.60 Å². The van der Waals surface area contributed by atoms with Gasteiger partial charge in [-0.3, -0.25) is 0 Å². The Balaban J connectivity index is 1.24. The number of aldehydes is 1. The standard InChI is InChI=1S/C26H35FN4O2S/c1-33-26(20-5-3-2-4-6-20)11-15-30(16-12-26)21-7-8-22(23(27)17-21)24-28-29-25(34-24)31-13-9-19(18-32)10-14-31/h7-8,17-20H,2-6,9-16H2,1H3. The van der Waals surface area contributed by atoms with Crippen LogP contribution in [0.4, 0.5) is 15.2 Å². The quantitative estimate of drug-likeness (QED) is 0.515. The van der Waals surface area contributed by atoms with Gasteiger partial charge in [0.2, 0.25) is 5.13 Å². The van der Waals surface area contributed by atoms with Crippen molar-refractivity contribution in [3.8, 4) is 10.6 Å². The monoisotopic (exact) mass is 486 g/mol. The van der Waals surface area contributed by atoms with Gasteiger partial charge >= 0.3 is 0 Å². The van der Waals surface area contributed by atoms with Crippen LogP contribution in [-0.4, -0.2) is 55.4 Å². The summed E-state index contributed by atoms with van der Waals surface area (Å²) in [6, 6.07) is 5.49. The highest BCUT2D eigenvalue weighted by Crippen LogP contribution is 2.42. The number of benzene rings is 1. The zero-order valence-electron chi connectivity index (χ0n) is 20.0. The summed E-state index contributed by atoms with van der Waals surface area (Å²) in [5.74, 6) is 0.541. The Morgan fingerprint density at radius 1 is 1.03 bits per heavy atom. The van der Waals surface area contributed by atoms with Gasteiger partial charge in [0, 0.05) is 50.5 Å². The minimum atomic E-state index is -0.254. The fraction of sp³-hybridized carbons (Fsp3) is 0.654. The molecule has 184 valence electrons. The van der Waals surface area contributed by atoms with E-state index < -0.39 is 0 Å². The van der Waals surface area contributed by atoms with Gasteiger partial charge in [-0.2, -0.15) is 0 Å². The number of carbonyl (C=O) groups is 1. The average Bonchev–Trinajstić information content (AvgIpc) is 3.39. The summed E-state index contributed by atoms with van der Waals surface area (Å²) in [4.78, 5) is 15.4. The first-order valence-corrected chi connectivity index (χ1v) is 13.6. The van der Waals surface area contributed by atoms with Gasteiger partial charge in [-0.15, -0.1) is 10.2 Å². The van der Waals surface area contributed by atoms with Gasteiger partial charge in [-0.1, -0.05) is 30.6 Å². The Kier molecular flexibility index (Phi) is 7.16. The molecule has 0 spiro atoms. The number of halogens is 1. The van der Waals surface area contributed by atoms with E-state index in [2.05, 4.69) is 20.0 Å². The molecule has 0 amide bonds. The third kappa shape index (κ3) is 4.71. The Bertz CT molecular complexity index is 977. The smallest absolute Gasteiger partial charge is 0.208 e. The highest BCUT2D eigenvalue weighted by atomic mass is 32.1. The molecule has 0 N–H and O–H groups in total. The Labute approximate surface area is 205 Å². The summed E-state index contributed by atoms with van der Waals surface area (Å²) in [5, 5.41) is 9.98. The highest BCUT2D eigenvalue weighted by molar-refractivity contribution is 7.18. The maximum atomic E-state index is 15.2. The van der Waals surface area contributed by atoms with Crippen molar-refractivity contribution in [2.24, 2.45) is 11.8 Å². The molecule has 0 radical (unpaired) electrons. The number of methoxy groups -OCH3 is 1. The lowest BCUT2D eigenvalue weighted by molar-refractivity contribution is -0.111. The van der Waals surface area contributed by atoms with E-state index in [1.165, 1.54) is 43.4 Å². The van der Waals surface area contributed by atoms with Gasteiger partial charge in [-0.05, 0) is 62.6 Å². The van der Waals surface area contributed by atoms with Crippen molar-refractivity contribution in [3.05, 3.63) is 24.0 Å². The van der Waals surface area contributed by atoms with E-state index in [0.29, 0.717) is 16.5 Å². The van der Waals surface area contributed by atoms with Gasteiger partial charge in [0.15, 0.2) is 5.01 Å². The second kappa shape index (κ2) is 10.3. The number of hydrogen-bond acceptors (Lipinski definition) is 7. The second-order valence-corrected chi connectivity index (χ2v) is 11.1. The predicted molar refractivity (Wildman–Crippen MR) is 134 cm³/mol. The maximum Gasteiger partial charge on any atom is 0.208 e. The number of aromatic nitrogens is 2. The van der Waals surface area contributed by atoms with Crippen molar-refractivity contribution in [2.45, 2.75) is 63.4 Å². The molecular weight excluding hydrogens is 451 g/mol. The van der Waals surface area contributed by atoms with E-state index in [0.717, 1.165) is 69.0 Å². The number of carbonyl (C=O) groups excluding carboxylic acids is 1. The van der Waals surface area contributed by atoms with E-state index in [9.17, 15) is 4.79 Å². The van der Waals surface area contributed by atoms with Crippen LogP contribution in [0.15, 0.2) is 18.2 Å². The zero-order chi connectivity index (χ0) is 23.5. The molecule has 1 aromatic carbocycles. The number of anilines is 2. The molecule has 2 saturated heterocycles. The minimum absolute atomic E-state index is 0.0153. The molecule has 3 fully saturated rings. The third-order valence-corrected chi connectivity index (χ3v) is 9.35.